The molecule has 1 N–H and O–H groups in total. The minimum absolute atomic E-state index is 0.213. The lowest BCUT2D eigenvalue weighted by atomic mass is 9.97. The molecule has 1 aliphatic rings. The van der Waals surface area contributed by atoms with Crippen LogP contribution in [-0.4, -0.2) is 40.0 Å². The summed E-state index contributed by atoms with van der Waals surface area (Å²) in [6, 6.07) is 9.36. The van der Waals surface area contributed by atoms with Crippen molar-refractivity contribution >= 4 is 11.9 Å². The molecule has 6 nitrogen and oxygen atoms in total. The number of rotatable bonds is 3. The number of aromatic nitrogens is 1. The summed E-state index contributed by atoms with van der Waals surface area (Å²) in [4.78, 5) is 29.2. The zero-order chi connectivity index (χ0) is 15.5. The predicted octanol–water partition coefficient (Wildman–Crippen LogP) is 2.28. The molecule has 1 amide bonds. The largest absolute Gasteiger partial charge is 0.481 e. The first-order chi connectivity index (χ1) is 10.6. The number of carboxylic acids is 1. The first kappa shape index (κ1) is 14.3. The van der Waals surface area contributed by atoms with Crippen LogP contribution < -0.4 is 0 Å². The summed E-state index contributed by atoms with van der Waals surface area (Å²) in [5, 5.41) is 8.98. The molecule has 0 radical (unpaired) electrons. The van der Waals surface area contributed by atoms with Crippen LogP contribution in [0.3, 0.4) is 0 Å². The highest BCUT2D eigenvalue weighted by atomic mass is 16.4. The van der Waals surface area contributed by atoms with E-state index < -0.39 is 5.97 Å². The Labute approximate surface area is 127 Å². The van der Waals surface area contributed by atoms with Gasteiger partial charge in [0.05, 0.1) is 5.92 Å². The van der Waals surface area contributed by atoms with Crippen LogP contribution in [0.1, 0.15) is 23.3 Å². The van der Waals surface area contributed by atoms with Crippen LogP contribution in [-0.2, 0) is 4.79 Å². The number of likely N-dealkylation sites (tertiary alicyclic amines) is 1. The van der Waals surface area contributed by atoms with Crippen LogP contribution in [0.4, 0.5) is 0 Å². The number of nitrogens with zero attached hydrogens (tertiary/aromatic N) is 2. The smallest absolute Gasteiger partial charge is 0.306 e. The normalized spacial score (nSPS) is 15.7. The van der Waals surface area contributed by atoms with Gasteiger partial charge >= 0.3 is 5.97 Å². The Morgan fingerprint density at radius 2 is 1.86 bits per heavy atom. The van der Waals surface area contributed by atoms with Gasteiger partial charge in [-0.25, -0.2) is 4.98 Å². The van der Waals surface area contributed by atoms with Gasteiger partial charge in [0.15, 0.2) is 5.69 Å². The van der Waals surface area contributed by atoms with E-state index in [1.165, 1.54) is 6.26 Å². The highest BCUT2D eigenvalue weighted by Gasteiger charge is 2.28. The van der Waals surface area contributed by atoms with E-state index in [1.54, 1.807) is 4.90 Å². The van der Waals surface area contributed by atoms with E-state index in [0.717, 1.165) is 5.56 Å². The fraction of sp³-hybridized carbons (Fsp3) is 0.312. The Kier molecular flexibility index (Phi) is 3.91. The molecule has 0 unspecified atom stereocenters. The number of carbonyl (C=O) groups excluding carboxylic acids is 1. The molecule has 114 valence electrons. The second-order valence-corrected chi connectivity index (χ2v) is 5.31. The summed E-state index contributed by atoms with van der Waals surface area (Å²) >= 11 is 0. The number of benzene rings is 1. The maximum atomic E-state index is 12.4. The summed E-state index contributed by atoms with van der Waals surface area (Å²) in [6.07, 6.45) is 2.31. The fourth-order valence-electron chi connectivity index (χ4n) is 2.58. The van der Waals surface area contributed by atoms with E-state index >= 15 is 0 Å². The van der Waals surface area contributed by atoms with Crippen LogP contribution in [0.2, 0.25) is 0 Å². The Balaban J connectivity index is 1.69. The highest BCUT2D eigenvalue weighted by molar-refractivity contribution is 5.92. The zero-order valence-corrected chi connectivity index (χ0v) is 11.9. The Morgan fingerprint density at radius 1 is 1.18 bits per heavy atom. The van der Waals surface area contributed by atoms with Crippen molar-refractivity contribution in [2.75, 3.05) is 13.1 Å². The number of piperidine rings is 1. The van der Waals surface area contributed by atoms with E-state index in [0.29, 0.717) is 31.8 Å². The summed E-state index contributed by atoms with van der Waals surface area (Å²) in [5.41, 5.74) is 1.07. The molecule has 0 spiro atoms. The van der Waals surface area contributed by atoms with Crippen molar-refractivity contribution in [2.45, 2.75) is 12.8 Å². The van der Waals surface area contributed by atoms with Gasteiger partial charge in [-0.3, -0.25) is 9.59 Å². The minimum Gasteiger partial charge on any atom is -0.481 e. The maximum absolute atomic E-state index is 12.4. The van der Waals surface area contributed by atoms with Crippen molar-refractivity contribution in [2.24, 2.45) is 5.92 Å². The molecule has 0 aliphatic carbocycles. The molecule has 1 aromatic heterocycles. The van der Waals surface area contributed by atoms with Crippen molar-refractivity contribution in [3.8, 4) is 11.5 Å². The van der Waals surface area contributed by atoms with Crippen LogP contribution in [0.5, 0.6) is 0 Å². The van der Waals surface area contributed by atoms with Crippen LogP contribution >= 0.6 is 0 Å². The number of aliphatic carboxylic acids is 1. The molecule has 0 atom stereocenters. The van der Waals surface area contributed by atoms with Crippen LogP contribution in [0.15, 0.2) is 41.0 Å². The van der Waals surface area contributed by atoms with Crippen molar-refractivity contribution in [1.29, 1.82) is 0 Å². The molecule has 1 saturated heterocycles. The Hall–Kier alpha value is -2.63. The first-order valence-electron chi connectivity index (χ1n) is 7.18. The third-order valence-corrected chi connectivity index (χ3v) is 3.88. The van der Waals surface area contributed by atoms with Crippen molar-refractivity contribution in [3.05, 3.63) is 42.3 Å². The van der Waals surface area contributed by atoms with E-state index in [-0.39, 0.29) is 17.5 Å². The first-order valence-corrected chi connectivity index (χ1v) is 7.18. The molecule has 0 bridgehead atoms. The number of hydrogen-bond acceptors (Lipinski definition) is 4. The lowest BCUT2D eigenvalue weighted by Gasteiger charge is -2.29. The lowest BCUT2D eigenvalue weighted by molar-refractivity contribution is -0.143. The van der Waals surface area contributed by atoms with Gasteiger partial charge in [0.25, 0.3) is 5.91 Å². The summed E-state index contributed by atoms with van der Waals surface area (Å²) in [5.74, 6) is -0.958. The second-order valence-electron chi connectivity index (χ2n) is 5.31. The molecule has 1 fully saturated rings. The molecule has 3 rings (SSSR count). The fourth-order valence-corrected chi connectivity index (χ4v) is 2.58. The van der Waals surface area contributed by atoms with Gasteiger partial charge < -0.3 is 14.4 Å². The third kappa shape index (κ3) is 2.86. The van der Waals surface area contributed by atoms with Crippen LogP contribution in [0, 0.1) is 5.92 Å². The van der Waals surface area contributed by atoms with Crippen molar-refractivity contribution in [1.82, 2.24) is 9.88 Å². The molecule has 22 heavy (non-hydrogen) atoms. The number of carbonyl (C=O) groups is 2. The SMILES string of the molecule is O=C(O)C1CCN(C(=O)c2coc(-c3ccccc3)n2)CC1. The van der Waals surface area contributed by atoms with Gasteiger partial charge in [-0.05, 0) is 25.0 Å². The Bertz CT molecular complexity index is 672. The monoisotopic (exact) mass is 300 g/mol. The zero-order valence-electron chi connectivity index (χ0n) is 11.9. The van der Waals surface area contributed by atoms with Gasteiger partial charge in [-0.1, -0.05) is 18.2 Å². The Morgan fingerprint density at radius 3 is 2.50 bits per heavy atom. The van der Waals surface area contributed by atoms with Crippen molar-refractivity contribution < 1.29 is 19.1 Å². The van der Waals surface area contributed by atoms with E-state index in [9.17, 15) is 9.59 Å². The molecule has 0 saturated carbocycles. The van der Waals surface area contributed by atoms with E-state index in [4.69, 9.17) is 9.52 Å². The topological polar surface area (TPSA) is 83.6 Å². The lowest BCUT2D eigenvalue weighted by Crippen LogP contribution is -2.40. The van der Waals surface area contributed by atoms with E-state index in [1.807, 2.05) is 30.3 Å². The second kappa shape index (κ2) is 6.01. The number of hydrogen-bond donors (Lipinski definition) is 1. The van der Waals surface area contributed by atoms with Gasteiger partial charge in [-0.15, -0.1) is 0 Å². The molecule has 2 heterocycles. The average molecular weight is 300 g/mol. The molecule has 1 aromatic carbocycles. The van der Waals surface area contributed by atoms with Gasteiger partial charge in [0.1, 0.15) is 6.26 Å². The molecular formula is C16H16N2O4. The number of amides is 1. The number of carboxylic acid groups (broad SMARTS) is 1. The summed E-state index contributed by atoms with van der Waals surface area (Å²) < 4.78 is 5.37. The standard InChI is InChI=1S/C16H16N2O4/c19-15(18-8-6-12(7-9-18)16(20)21)13-10-22-14(17-13)11-4-2-1-3-5-11/h1-5,10,12H,6-9H2,(H,20,21). The molecular weight excluding hydrogens is 284 g/mol. The maximum Gasteiger partial charge on any atom is 0.306 e. The van der Waals surface area contributed by atoms with Gasteiger partial charge in [-0.2, -0.15) is 0 Å². The van der Waals surface area contributed by atoms with Gasteiger partial charge in [0, 0.05) is 18.7 Å². The molecule has 2 aromatic rings. The average Bonchev–Trinajstić information content (AvgIpc) is 3.05. The summed E-state index contributed by atoms with van der Waals surface area (Å²) in [7, 11) is 0. The van der Waals surface area contributed by atoms with E-state index in [2.05, 4.69) is 4.98 Å². The van der Waals surface area contributed by atoms with Gasteiger partial charge in [0.2, 0.25) is 5.89 Å². The van der Waals surface area contributed by atoms with Crippen molar-refractivity contribution in [3.63, 3.8) is 0 Å². The third-order valence-electron chi connectivity index (χ3n) is 3.88. The molecule has 6 heteroatoms. The highest BCUT2D eigenvalue weighted by Crippen LogP contribution is 2.21. The predicted molar refractivity (Wildman–Crippen MR) is 78.2 cm³/mol. The number of oxazole rings is 1. The molecule has 1 aliphatic heterocycles. The minimum atomic E-state index is -0.792. The summed E-state index contributed by atoms with van der Waals surface area (Å²) in [6.45, 7) is 0.868. The quantitative estimate of drug-likeness (QED) is 0.940. The van der Waals surface area contributed by atoms with Crippen LogP contribution in [0.25, 0.3) is 11.5 Å².